The number of rotatable bonds is 9. The topological polar surface area (TPSA) is 53.1 Å². The van der Waals surface area contributed by atoms with Crippen molar-refractivity contribution in [3.63, 3.8) is 0 Å². The van der Waals surface area contributed by atoms with E-state index in [1.165, 1.54) is 0 Å². The second-order valence-corrected chi connectivity index (χ2v) is 19.7. The molecule has 0 aromatic heterocycles. The van der Waals surface area contributed by atoms with Gasteiger partial charge in [0.05, 0.1) is 0 Å². The molecule has 1 aliphatic rings. The van der Waals surface area contributed by atoms with Crippen LogP contribution in [0.4, 0.5) is 0 Å². The summed E-state index contributed by atoms with van der Waals surface area (Å²) in [4.78, 5) is 0. The van der Waals surface area contributed by atoms with Gasteiger partial charge in [-0.05, 0) is 128 Å². The molecule has 0 unspecified atom stereocenters. The smallest absolute Gasteiger partial charge is 0.367 e. The van der Waals surface area contributed by atoms with E-state index in [1.807, 2.05) is 99.4 Å². The van der Waals surface area contributed by atoms with Gasteiger partial charge in [0.25, 0.3) is 0 Å². The van der Waals surface area contributed by atoms with Gasteiger partial charge in [0.2, 0.25) is 16.9 Å². The highest BCUT2D eigenvalue weighted by atomic mass is 32.5. The monoisotopic (exact) mass is 673 g/mol. The minimum Gasteiger partial charge on any atom is -0.444 e. The molecule has 0 aliphatic carbocycles. The maximum absolute atomic E-state index is 6.63. The highest BCUT2D eigenvalue weighted by molar-refractivity contribution is 8.09. The molecular weight excluding hydrogens is 631 g/mol. The van der Waals surface area contributed by atoms with Gasteiger partial charge in [-0.25, -0.2) is 23.4 Å². The Bertz CT molecular complexity index is 1590. The Hall–Kier alpha value is -2.09. The minimum absolute atomic E-state index is 0.585. The van der Waals surface area contributed by atoms with E-state index in [9.17, 15) is 0 Å². The van der Waals surface area contributed by atoms with Gasteiger partial charge < -0.3 is 18.1 Å². The van der Waals surface area contributed by atoms with E-state index in [-0.39, 0.29) is 0 Å². The molecular formula is C31H42N5O4P3S. The highest BCUT2D eigenvalue weighted by Gasteiger charge is 2.32. The first-order valence-corrected chi connectivity index (χ1v) is 19.1. The summed E-state index contributed by atoms with van der Waals surface area (Å²) in [6, 6.07) is 20.7. The molecule has 236 valence electrons. The molecule has 5 rings (SSSR count). The van der Waals surface area contributed by atoms with Crippen LogP contribution in [0.25, 0.3) is 21.5 Å². The van der Waals surface area contributed by atoms with Gasteiger partial charge >= 0.3 is 6.64 Å². The van der Waals surface area contributed by atoms with E-state index in [0.717, 1.165) is 55.7 Å². The summed E-state index contributed by atoms with van der Waals surface area (Å²) >= 11 is 6.13. The molecule has 0 atom stereocenters. The third kappa shape index (κ3) is 6.85. The predicted molar refractivity (Wildman–Crippen MR) is 190 cm³/mol. The van der Waals surface area contributed by atoms with Crippen molar-refractivity contribution in [2.24, 2.45) is 0 Å². The number of fused-ring (bicyclic) bond motifs is 6. The average molecular weight is 674 g/mol. The van der Waals surface area contributed by atoms with Gasteiger partial charge in [0.15, 0.2) is 0 Å². The molecule has 0 N–H and O–H groups in total. The largest absolute Gasteiger partial charge is 0.444 e. The third-order valence-corrected chi connectivity index (χ3v) is 13.9. The van der Waals surface area contributed by atoms with E-state index in [2.05, 4.69) is 55.1 Å². The zero-order valence-corrected chi connectivity index (χ0v) is 30.6. The summed E-state index contributed by atoms with van der Waals surface area (Å²) in [6.45, 7) is -2.91. The lowest BCUT2D eigenvalue weighted by molar-refractivity contribution is 0.408. The molecule has 0 amide bonds. The molecule has 44 heavy (non-hydrogen) atoms. The lowest BCUT2D eigenvalue weighted by Gasteiger charge is -2.33. The van der Waals surface area contributed by atoms with Crippen LogP contribution in [0.1, 0.15) is 11.1 Å². The number of benzene rings is 4. The molecule has 13 heteroatoms. The van der Waals surface area contributed by atoms with E-state index in [4.69, 9.17) is 29.9 Å². The molecule has 1 heterocycles. The summed E-state index contributed by atoms with van der Waals surface area (Å²) in [7, 11) is 18.2. The Morgan fingerprint density at radius 1 is 0.591 bits per heavy atom. The molecule has 0 saturated heterocycles. The number of hydrogen-bond donors (Lipinski definition) is 0. The van der Waals surface area contributed by atoms with E-state index in [1.54, 1.807) is 0 Å². The van der Waals surface area contributed by atoms with Gasteiger partial charge in [-0.3, -0.25) is 0 Å². The van der Waals surface area contributed by atoms with Crippen LogP contribution in [-0.4, -0.2) is 93.8 Å². The normalized spacial score (nSPS) is 14.8. The molecule has 0 fully saturated rings. The molecule has 9 nitrogen and oxygen atoms in total. The van der Waals surface area contributed by atoms with Gasteiger partial charge in [-0.15, -0.1) is 0 Å². The van der Waals surface area contributed by atoms with Crippen molar-refractivity contribution in [2.75, 3.05) is 70.5 Å². The molecule has 4 aromatic rings. The lowest BCUT2D eigenvalue weighted by Crippen LogP contribution is -2.20. The first-order chi connectivity index (χ1) is 20.8. The van der Waals surface area contributed by atoms with Crippen LogP contribution >= 0.6 is 23.5 Å². The Morgan fingerprint density at radius 3 is 1.30 bits per heavy atom. The maximum atomic E-state index is 6.63. The Kier molecular flexibility index (Phi) is 10.1. The van der Waals surface area contributed by atoms with Crippen molar-refractivity contribution in [3.05, 3.63) is 71.8 Å². The third-order valence-electron chi connectivity index (χ3n) is 7.14. The fraction of sp³-hybridized carbons (Fsp3) is 0.355. The van der Waals surface area contributed by atoms with Crippen molar-refractivity contribution in [1.29, 1.82) is 0 Å². The fourth-order valence-corrected chi connectivity index (χ4v) is 9.54. The Morgan fingerprint density at radius 2 is 0.955 bits per heavy atom. The van der Waals surface area contributed by atoms with Crippen LogP contribution in [0.2, 0.25) is 0 Å². The van der Waals surface area contributed by atoms with Crippen LogP contribution in [0.3, 0.4) is 0 Å². The second-order valence-electron chi connectivity index (χ2n) is 11.6. The van der Waals surface area contributed by atoms with Crippen LogP contribution in [0.15, 0.2) is 60.7 Å². The van der Waals surface area contributed by atoms with Crippen LogP contribution < -0.4 is 18.1 Å². The highest BCUT2D eigenvalue weighted by Crippen LogP contribution is 2.55. The zero-order valence-electron chi connectivity index (χ0n) is 27.1. The van der Waals surface area contributed by atoms with Crippen molar-refractivity contribution in [2.45, 2.75) is 6.42 Å². The van der Waals surface area contributed by atoms with Gasteiger partial charge in [0, 0.05) is 29.4 Å². The van der Waals surface area contributed by atoms with Crippen molar-refractivity contribution >= 4 is 56.9 Å². The van der Waals surface area contributed by atoms with E-state index >= 15 is 0 Å². The first-order valence-electron chi connectivity index (χ1n) is 14.2. The van der Waals surface area contributed by atoms with Gasteiger partial charge in [-0.2, -0.15) is 0 Å². The molecule has 0 spiro atoms. The predicted octanol–water partition coefficient (Wildman–Crippen LogP) is 7.60. The lowest BCUT2D eigenvalue weighted by atomic mass is 9.93. The first kappa shape index (κ1) is 33.3. The van der Waals surface area contributed by atoms with E-state index < -0.39 is 23.5 Å². The zero-order chi connectivity index (χ0) is 31.9. The summed E-state index contributed by atoms with van der Waals surface area (Å²) in [6.07, 6.45) is 0.585. The summed E-state index contributed by atoms with van der Waals surface area (Å²) in [5.41, 5.74) is 2.10. The standard InChI is InChI=1S/C31H42N5O4P3S/c1-32(2)41(33(3)4)37-24-15-11-22-13-17-30-28(26(22)19-24)21-29-27-20-25(38-42(34(5)6)35(7)8)16-12-23(27)14-18-31(29)40-43(44,39-30)36(9)10/h11-20H,21H2,1-10H3. The molecule has 0 bridgehead atoms. The molecule has 4 aromatic carbocycles. The average Bonchev–Trinajstić information content (AvgIpc) is 2.94. The molecule has 0 radical (unpaired) electrons. The van der Waals surface area contributed by atoms with Crippen molar-refractivity contribution < 1.29 is 18.1 Å². The molecule has 0 saturated carbocycles. The van der Waals surface area contributed by atoms with Crippen molar-refractivity contribution in [1.82, 2.24) is 23.4 Å². The van der Waals surface area contributed by atoms with Crippen LogP contribution in [0, 0.1) is 0 Å². The summed E-state index contributed by atoms with van der Waals surface area (Å²) in [5.74, 6) is 3.07. The number of nitrogens with zero attached hydrogens (tertiary/aromatic N) is 5. The van der Waals surface area contributed by atoms with Gasteiger partial charge in [-0.1, -0.05) is 24.3 Å². The van der Waals surface area contributed by atoms with Crippen LogP contribution in [-0.2, 0) is 18.2 Å². The van der Waals surface area contributed by atoms with E-state index in [0.29, 0.717) is 6.42 Å². The summed E-state index contributed by atoms with van der Waals surface area (Å²) in [5, 5.41) is 4.33. The Labute approximate surface area is 269 Å². The van der Waals surface area contributed by atoms with Crippen molar-refractivity contribution in [3.8, 4) is 23.0 Å². The quantitative estimate of drug-likeness (QED) is 0.166. The number of hydrogen-bond acceptors (Lipinski definition) is 9. The second kappa shape index (κ2) is 13.3. The SMILES string of the molecule is CN(C)P(Oc1ccc2ccc3c(c2c1)Cc1c(ccc2ccc(OP(N(C)C)N(C)C)cc12)OP(=S)(N(C)C)O3)N(C)C. The fourth-order valence-electron chi connectivity index (χ4n) is 5.17. The maximum Gasteiger partial charge on any atom is 0.367 e. The van der Waals surface area contributed by atoms with Crippen LogP contribution in [0.5, 0.6) is 23.0 Å². The molecule has 1 aliphatic heterocycles. The summed E-state index contributed by atoms with van der Waals surface area (Å²) < 4.78 is 36.6. The Balaban J connectivity index is 1.70. The van der Waals surface area contributed by atoms with Gasteiger partial charge in [0.1, 0.15) is 23.0 Å². The minimum atomic E-state index is -2.91.